The molecule has 9 heteroatoms. The third-order valence-electron chi connectivity index (χ3n) is 8.39. The van der Waals surface area contributed by atoms with E-state index in [4.69, 9.17) is 9.88 Å². The Morgan fingerprint density at radius 2 is 1.69 bits per heavy atom. The molecule has 182 valence electrons. The van der Waals surface area contributed by atoms with Crippen molar-refractivity contribution in [3.8, 4) is 0 Å². The van der Waals surface area contributed by atoms with E-state index in [-0.39, 0.29) is 47.7 Å². The summed E-state index contributed by atoms with van der Waals surface area (Å²) in [6.07, 6.45) is 8.14. The Labute approximate surface area is 192 Å². The fraction of sp³-hybridized carbons (Fsp3) is 0.913. The number of nitrogens with zero attached hydrogens (tertiary/aromatic N) is 2. The Morgan fingerprint density at radius 3 is 2.28 bits per heavy atom. The number of carbonyl (C=O) groups is 2. The van der Waals surface area contributed by atoms with Gasteiger partial charge in [0.2, 0.25) is 15.9 Å². The van der Waals surface area contributed by atoms with Gasteiger partial charge < -0.3 is 14.5 Å². The second-order valence-electron chi connectivity index (χ2n) is 10.6. The molecule has 5 atom stereocenters. The van der Waals surface area contributed by atoms with Gasteiger partial charge in [-0.2, -0.15) is 0 Å². The second-order valence-corrected chi connectivity index (χ2v) is 12.2. The molecule has 2 aliphatic carbocycles. The fourth-order valence-corrected chi connectivity index (χ4v) is 7.98. The lowest BCUT2D eigenvalue weighted by Crippen LogP contribution is -2.68. The van der Waals surface area contributed by atoms with E-state index in [0.29, 0.717) is 25.0 Å². The number of piperazine rings is 1. The van der Waals surface area contributed by atoms with Crippen molar-refractivity contribution in [2.75, 3.05) is 18.9 Å². The lowest BCUT2D eigenvalue weighted by Gasteiger charge is -2.55. The summed E-state index contributed by atoms with van der Waals surface area (Å²) in [6, 6.07) is 0.147. The van der Waals surface area contributed by atoms with E-state index in [0.717, 1.165) is 57.8 Å². The lowest BCUT2D eigenvalue weighted by atomic mass is 9.68. The Bertz CT molecular complexity index is 804. The third-order valence-corrected chi connectivity index (χ3v) is 9.33. The molecule has 4 fully saturated rings. The topological polar surface area (TPSA) is 110 Å². The Balaban J connectivity index is 1.46. The van der Waals surface area contributed by atoms with Crippen LogP contribution in [-0.2, 0) is 24.3 Å². The predicted molar refractivity (Wildman–Crippen MR) is 121 cm³/mol. The van der Waals surface area contributed by atoms with Crippen LogP contribution in [0.1, 0.15) is 71.6 Å². The number of rotatable bonds is 4. The monoisotopic (exact) mass is 469 g/mol. The molecule has 4 unspecified atom stereocenters. The molecule has 32 heavy (non-hydrogen) atoms. The van der Waals surface area contributed by atoms with Crippen LogP contribution in [0, 0.1) is 17.8 Å². The molecule has 4 rings (SSSR count). The minimum Gasteiger partial charge on any atom is -0.368 e. The molecule has 0 spiro atoms. The van der Waals surface area contributed by atoms with Gasteiger partial charge in [0.1, 0.15) is 6.10 Å². The largest absolute Gasteiger partial charge is 0.368 e. The third kappa shape index (κ3) is 5.14. The summed E-state index contributed by atoms with van der Waals surface area (Å²) < 4.78 is 28.6. The number of primary sulfonamides is 1. The van der Waals surface area contributed by atoms with Gasteiger partial charge in [0.15, 0.2) is 0 Å². The molecular formula is C23H39N3O5S. The van der Waals surface area contributed by atoms with E-state index in [2.05, 4.69) is 0 Å². The maximum Gasteiger partial charge on any atom is 0.252 e. The molecule has 8 nitrogen and oxygen atoms in total. The first kappa shape index (κ1) is 24.0. The number of sulfonamides is 1. The molecular weight excluding hydrogens is 430 g/mol. The van der Waals surface area contributed by atoms with Gasteiger partial charge in [0, 0.05) is 26.1 Å². The van der Waals surface area contributed by atoms with Crippen LogP contribution in [0.5, 0.6) is 0 Å². The highest BCUT2D eigenvalue weighted by Gasteiger charge is 2.48. The van der Waals surface area contributed by atoms with Gasteiger partial charge in [0.05, 0.1) is 17.8 Å². The lowest BCUT2D eigenvalue weighted by molar-refractivity contribution is -0.160. The minimum atomic E-state index is -3.42. The Kier molecular flexibility index (Phi) is 7.17. The van der Waals surface area contributed by atoms with E-state index in [1.807, 2.05) is 16.7 Å². The van der Waals surface area contributed by atoms with Crippen LogP contribution in [-0.4, -0.2) is 73.2 Å². The molecule has 2 heterocycles. The van der Waals surface area contributed by atoms with Crippen LogP contribution in [0.3, 0.4) is 0 Å². The molecule has 0 aromatic carbocycles. The molecule has 2 aliphatic heterocycles. The smallest absolute Gasteiger partial charge is 0.252 e. The number of amides is 2. The summed E-state index contributed by atoms with van der Waals surface area (Å²) in [4.78, 5) is 29.9. The van der Waals surface area contributed by atoms with Crippen molar-refractivity contribution in [3.63, 3.8) is 0 Å². The van der Waals surface area contributed by atoms with E-state index in [1.165, 1.54) is 0 Å². The fourth-order valence-electron chi connectivity index (χ4n) is 6.99. The van der Waals surface area contributed by atoms with Gasteiger partial charge >= 0.3 is 0 Å². The van der Waals surface area contributed by atoms with Gasteiger partial charge in [0.25, 0.3) is 5.91 Å². The Morgan fingerprint density at radius 1 is 1.00 bits per heavy atom. The Hall–Kier alpha value is -1.19. The molecule has 0 aromatic heterocycles. The number of carbonyl (C=O) groups excluding carboxylic acids is 2. The highest BCUT2D eigenvalue weighted by molar-refractivity contribution is 7.89. The summed E-state index contributed by atoms with van der Waals surface area (Å²) in [5.74, 6) is 1.51. The number of fused-ring (bicyclic) bond motifs is 1. The first-order valence-corrected chi connectivity index (χ1v) is 14.1. The van der Waals surface area contributed by atoms with Crippen LogP contribution in [0.15, 0.2) is 0 Å². The van der Waals surface area contributed by atoms with Crippen LogP contribution in [0.4, 0.5) is 0 Å². The normalized spacial score (nSPS) is 38.4. The van der Waals surface area contributed by atoms with Gasteiger partial charge in [-0.1, -0.05) is 0 Å². The molecule has 0 bridgehead atoms. The first-order valence-electron chi connectivity index (χ1n) is 12.4. The van der Waals surface area contributed by atoms with Crippen molar-refractivity contribution in [1.29, 1.82) is 0 Å². The molecule has 2 saturated heterocycles. The number of hydrogen-bond donors (Lipinski definition) is 1. The molecule has 0 radical (unpaired) electrons. The molecule has 2 amide bonds. The zero-order valence-electron chi connectivity index (χ0n) is 19.4. The molecule has 2 N–H and O–H groups in total. The molecule has 4 aliphatic rings. The van der Waals surface area contributed by atoms with E-state index in [1.54, 1.807) is 6.92 Å². The summed E-state index contributed by atoms with van der Waals surface area (Å²) in [6.45, 7) is 4.92. The van der Waals surface area contributed by atoms with Crippen molar-refractivity contribution in [2.45, 2.75) is 95.9 Å². The summed E-state index contributed by atoms with van der Waals surface area (Å²) >= 11 is 0. The number of hydrogen-bond acceptors (Lipinski definition) is 5. The van der Waals surface area contributed by atoms with E-state index >= 15 is 0 Å². The van der Waals surface area contributed by atoms with Crippen LogP contribution >= 0.6 is 0 Å². The van der Waals surface area contributed by atoms with Crippen LogP contribution < -0.4 is 5.14 Å². The zero-order chi connectivity index (χ0) is 23.0. The van der Waals surface area contributed by atoms with E-state index < -0.39 is 10.0 Å². The van der Waals surface area contributed by atoms with Crippen molar-refractivity contribution >= 4 is 21.8 Å². The van der Waals surface area contributed by atoms with Crippen molar-refractivity contribution in [3.05, 3.63) is 0 Å². The van der Waals surface area contributed by atoms with Crippen LogP contribution in [0.25, 0.3) is 0 Å². The number of nitrogens with two attached hydrogens (primary N) is 1. The average Bonchev–Trinajstić information content (AvgIpc) is 3.26. The number of ether oxygens (including phenoxy) is 1. The molecule has 0 aromatic rings. The highest BCUT2D eigenvalue weighted by atomic mass is 32.2. The standard InChI is InChI=1S/C23H39N3O5S/c1-15-13-25(23(28)22-4-3-11-31-22)21-12-19(9-10-20(21)26(15)16(2)27)18-7-5-17(6-8-18)14-32(24,29)30/h15,17-22H,3-14H2,1-2H3,(H2,24,29,30)/t15-,17?,18?,19?,20?,21?,22?/m0/s1. The summed E-state index contributed by atoms with van der Waals surface area (Å²) in [5.41, 5.74) is 0. The maximum absolute atomic E-state index is 13.4. The maximum atomic E-state index is 13.4. The SMILES string of the molecule is CC(=O)N1C2CCC(C3CCC(CS(N)(=O)=O)CC3)CC2N(C(=O)C2CCCO2)C[C@@H]1C. The van der Waals surface area contributed by atoms with Crippen molar-refractivity contribution in [2.24, 2.45) is 22.9 Å². The van der Waals surface area contributed by atoms with E-state index in [9.17, 15) is 18.0 Å². The van der Waals surface area contributed by atoms with Crippen LogP contribution in [0.2, 0.25) is 0 Å². The first-order chi connectivity index (χ1) is 15.1. The van der Waals surface area contributed by atoms with Gasteiger partial charge in [-0.3, -0.25) is 9.59 Å². The summed E-state index contributed by atoms with van der Waals surface area (Å²) in [5, 5.41) is 5.25. The minimum absolute atomic E-state index is 0.0179. The average molecular weight is 470 g/mol. The van der Waals surface area contributed by atoms with Gasteiger partial charge in [-0.15, -0.1) is 0 Å². The second kappa shape index (κ2) is 9.58. The van der Waals surface area contributed by atoms with Gasteiger partial charge in [-0.25, -0.2) is 13.6 Å². The van der Waals surface area contributed by atoms with Gasteiger partial charge in [-0.05, 0) is 82.5 Å². The predicted octanol–water partition coefficient (Wildman–Crippen LogP) is 1.88. The highest BCUT2D eigenvalue weighted by Crippen LogP contribution is 2.44. The molecule has 2 saturated carbocycles. The summed E-state index contributed by atoms with van der Waals surface area (Å²) in [7, 11) is -3.42. The quantitative estimate of drug-likeness (QED) is 0.676. The van der Waals surface area contributed by atoms with Crippen molar-refractivity contribution in [1.82, 2.24) is 9.80 Å². The van der Waals surface area contributed by atoms with Crippen molar-refractivity contribution < 1.29 is 22.7 Å². The zero-order valence-corrected chi connectivity index (χ0v) is 20.3.